The molecular formula is C28H31N5O3. The van der Waals surface area contributed by atoms with Gasteiger partial charge in [-0.15, -0.1) is 5.10 Å². The van der Waals surface area contributed by atoms with E-state index in [1.165, 1.54) is 0 Å². The van der Waals surface area contributed by atoms with E-state index in [4.69, 9.17) is 4.74 Å². The molecule has 1 atom stereocenters. The number of benzene rings is 3. The fraction of sp³-hybridized carbons (Fsp3) is 0.286. The van der Waals surface area contributed by atoms with Gasteiger partial charge in [0.1, 0.15) is 23.9 Å². The van der Waals surface area contributed by atoms with E-state index in [-0.39, 0.29) is 18.4 Å². The number of amides is 2. The highest BCUT2D eigenvalue weighted by molar-refractivity contribution is 6.02. The topological polar surface area (TPSA) is 89.4 Å². The molecule has 0 saturated heterocycles. The molecule has 1 heterocycles. The van der Waals surface area contributed by atoms with E-state index < -0.39 is 11.6 Å². The number of hydrogen-bond acceptors (Lipinski definition) is 5. The second-order valence-electron chi connectivity index (χ2n) is 9.70. The van der Waals surface area contributed by atoms with Crippen molar-refractivity contribution in [1.82, 2.24) is 20.3 Å². The Morgan fingerprint density at radius 3 is 2.47 bits per heavy atom. The van der Waals surface area contributed by atoms with Gasteiger partial charge in [0.15, 0.2) is 0 Å². The fourth-order valence-electron chi connectivity index (χ4n) is 4.16. The van der Waals surface area contributed by atoms with Gasteiger partial charge in [0.05, 0.1) is 12.6 Å². The normalized spacial score (nSPS) is 12.2. The van der Waals surface area contributed by atoms with Crippen LogP contribution in [0.5, 0.6) is 5.75 Å². The summed E-state index contributed by atoms with van der Waals surface area (Å²) in [5.41, 5.74) is 3.08. The molecule has 3 aromatic carbocycles. The first-order valence-corrected chi connectivity index (χ1v) is 11.8. The molecule has 186 valence electrons. The molecule has 0 aliphatic heterocycles. The van der Waals surface area contributed by atoms with E-state index >= 15 is 0 Å². The lowest BCUT2D eigenvalue weighted by atomic mass is 9.99. The number of aryl methyl sites for hydroxylation is 1. The maximum atomic E-state index is 14.1. The summed E-state index contributed by atoms with van der Waals surface area (Å²) in [6.07, 6.45) is 0. The van der Waals surface area contributed by atoms with E-state index in [0.29, 0.717) is 22.5 Å². The van der Waals surface area contributed by atoms with Gasteiger partial charge in [-0.3, -0.25) is 14.5 Å². The number of carbonyl (C=O) groups is 2. The second kappa shape index (κ2) is 10.2. The van der Waals surface area contributed by atoms with Crippen molar-refractivity contribution in [1.29, 1.82) is 0 Å². The number of nitrogens with zero attached hydrogens (tertiary/aromatic N) is 4. The lowest BCUT2D eigenvalue weighted by Crippen LogP contribution is -2.50. The number of ether oxygens (including phenoxy) is 1. The smallest absolute Gasteiger partial charge is 0.249 e. The molecule has 0 aliphatic carbocycles. The maximum absolute atomic E-state index is 14.1. The fourth-order valence-corrected chi connectivity index (χ4v) is 4.16. The zero-order valence-corrected chi connectivity index (χ0v) is 21.2. The molecule has 0 aliphatic rings. The van der Waals surface area contributed by atoms with Gasteiger partial charge in [0.2, 0.25) is 11.8 Å². The highest BCUT2D eigenvalue weighted by Gasteiger charge is 2.35. The van der Waals surface area contributed by atoms with Crippen LogP contribution in [0, 0.1) is 6.92 Å². The van der Waals surface area contributed by atoms with Crippen molar-refractivity contribution in [2.45, 2.75) is 45.8 Å². The highest BCUT2D eigenvalue weighted by Crippen LogP contribution is 2.33. The number of rotatable bonds is 7. The molecule has 2 amide bonds. The van der Waals surface area contributed by atoms with Crippen LogP contribution in [0.25, 0.3) is 11.0 Å². The zero-order chi connectivity index (χ0) is 25.9. The maximum Gasteiger partial charge on any atom is 0.249 e. The average Bonchev–Trinajstić information content (AvgIpc) is 3.24. The third kappa shape index (κ3) is 5.38. The van der Waals surface area contributed by atoms with Crippen LogP contribution in [0.15, 0.2) is 72.8 Å². The molecule has 0 radical (unpaired) electrons. The molecular weight excluding hydrogens is 454 g/mol. The molecule has 4 rings (SSSR count). The monoisotopic (exact) mass is 485 g/mol. The Kier molecular flexibility index (Phi) is 7.05. The number of aromatic nitrogens is 3. The van der Waals surface area contributed by atoms with Crippen LogP contribution < -0.4 is 15.0 Å². The van der Waals surface area contributed by atoms with E-state index in [2.05, 4.69) is 15.6 Å². The first kappa shape index (κ1) is 24.9. The van der Waals surface area contributed by atoms with Crippen molar-refractivity contribution < 1.29 is 14.3 Å². The molecule has 36 heavy (non-hydrogen) atoms. The van der Waals surface area contributed by atoms with Crippen molar-refractivity contribution in [2.24, 2.45) is 0 Å². The van der Waals surface area contributed by atoms with Crippen LogP contribution in [-0.4, -0.2) is 39.5 Å². The van der Waals surface area contributed by atoms with Gasteiger partial charge >= 0.3 is 0 Å². The quantitative estimate of drug-likeness (QED) is 0.418. The number of anilines is 1. The van der Waals surface area contributed by atoms with Crippen molar-refractivity contribution in [3.63, 3.8) is 0 Å². The van der Waals surface area contributed by atoms with E-state index in [1.807, 2.05) is 94.4 Å². The van der Waals surface area contributed by atoms with Crippen LogP contribution in [-0.2, 0) is 16.1 Å². The number of carbonyl (C=O) groups excluding carboxylic acids is 2. The molecule has 8 nitrogen and oxygen atoms in total. The molecule has 0 fully saturated rings. The van der Waals surface area contributed by atoms with Crippen molar-refractivity contribution in [3.8, 4) is 5.75 Å². The minimum atomic E-state index is -0.942. The summed E-state index contributed by atoms with van der Waals surface area (Å²) < 4.78 is 6.99. The minimum absolute atomic E-state index is 0.0852. The van der Waals surface area contributed by atoms with Crippen LogP contribution in [0.3, 0.4) is 0 Å². The summed E-state index contributed by atoms with van der Waals surface area (Å²) in [6, 6.07) is 21.3. The van der Waals surface area contributed by atoms with E-state index in [9.17, 15) is 9.59 Å². The predicted octanol–water partition coefficient (Wildman–Crippen LogP) is 4.44. The second-order valence-corrected chi connectivity index (χ2v) is 9.70. The van der Waals surface area contributed by atoms with Crippen molar-refractivity contribution >= 4 is 28.5 Å². The summed E-state index contributed by atoms with van der Waals surface area (Å²) in [5.74, 6) is 0.00754. The predicted molar refractivity (Wildman–Crippen MR) is 140 cm³/mol. The third-order valence-electron chi connectivity index (χ3n) is 5.76. The first-order valence-electron chi connectivity index (χ1n) is 11.8. The summed E-state index contributed by atoms with van der Waals surface area (Å²) in [7, 11) is 1.57. The van der Waals surface area contributed by atoms with Crippen LogP contribution in [0.4, 0.5) is 5.69 Å². The highest BCUT2D eigenvalue weighted by atomic mass is 16.5. The van der Waals surface area contributed by atoms with E-state index in [0.717, 1.165) is 11.1 Å². The molecule has 8 heteroatoms. The largest absolute Gasteiger partial charge is 0.497 e. The van der Waals surface area contributed by atoms with Gasteiger partial charge in [0.25, 0.3) is 0 Å². The van der Waals surface area contributed by atoms with E-state index in [1.54, 1.807) is 22.8 Å². The first-order chi connectivity index (χ1) is 17.2. The molecule has 1 N–H and O–H groups in total. The molecule has 0 saturated carbocycles. The number of hydrogen-bond donors (Lipinski definition) is 1. The zero-order valence-electron chi connectivity index (χ0n) is 21.2. The van der Waals surface area contributed by atoms with Gasteiger partial charge in [-0.2, -0.15) is 0 Å². The van der Waals surface area contributed by atoms with Crippen LogP contribution in [0.2, 0.25) is 0 Å². The Bertz CT molecular complexity index is 1390. The number of nitrogens with one attached hydrogen (secondary N) is 1. The minimum Gasteiger partial charge on any atom is -0.497 e. The third-order valence-corrected chi connectivity index (χ3v) is 5.76. The number of para-hydroxylation sites is 2. The van der Waals surface area contributed by atoms with Crippen LogP contribution in [0.1, 0.15) is 37.9 Å². The Labute approximate surface area is 210 Å². The molecule has 0 spiro atoms. The molecule has 1 aromatic heterocycles. The Balaban J connectivity index is 1.85. The van der Waals surface area contributed by atoms with Gasteiger partial charge in [-0.25, -0.2) is 4.68 Å². The number of fused-ring (bicyclic) bond motifs is 1. The molecule has 1 unspecified atom stereocenters. The van der Waals surface area contributed by atoms with Crippen molar-refractivity contribution in [2.75, 3.05) is 12.0 Å². The Morgan fingerprint density at radius 1 is 1.03 bits per heavy atom. The lowest BCUT2D eigenvalue weighted by molar-refractivity contribution is -0.128. The van der Waals surface area contributed by atoms with Gasteiger partial charge in [-0.05, 0) is 69.2 Å². The Morgan fingerprint density at radius 2 is 1.75 bits per heavy atom. The molecule has 0 bridgehead atoms. The molecule has 4 aromatic rings. The van der Waals surface area contributed by atoms with Gasteiger partial charge < -0.3 is 10.1 Å². The average molecular weight is 486 g/mol. The summed E-state index contributed by atoms with van der Waals surface area (Å²) in [6.45, 7) is 7.57. The lowest BCUT2D eigenvalue weighted by Gasteiger charge is -2.34. The Hall–Kier alpha value is -4.20. The van der Waals surface area contributed by atoms with Crippen molar-refractivity contribution in [3.05, 3.63) is 83.9 Å². The number of methoxy groups -OCH3 is 1. The van der Waals surface area contributed by atoms with Crippen LogP contribution >= 0.6 is 0 Å². The summed E-state index contributed by atoms with van der Waals surface area (Å²) >= 11 is 0. The van der Waals surface area contributed by atoms with Gasteiger partial charge in [-0.1, -0.05) is 47.7 Å². The standard InChI is InChI=1S/C28H31N5O3/c1-19-11-6-8-15-23(19)33(25(34)18-32-24-16-9-7-14-22(24)30-31-32)26(27(35)29-28(2,3)4)20-12-10-13-21(17-20)36-5/h6-17,26H,18H2,1-5H3,(H,29,35). The summed E-state index contributed by atoms with van der Waals surface area (Å²) in [5, 5.41) is 11.4. The van der Waals surface area contributed by atoms with Gasteiger partial charge in [0, 0.05) is 11.2 Å². The SMILES string of the molecule is COc1cccc(C(C(=O)NC(C)(C)C)N(C(=O)Cn2nnc3ccccc32)c2ccccc2C)c1. The summed E-state index contributed by atoms with van der Waals surface area (Å²) in [4.78, 5) is 29.5.